The van der Waals surface area contributed by atoms with Gasteiger partial charge in [0, 0.05) is 39.3 Å². The lowest BCUT2D eigenvalue weighted by Crippen LogP contribution is -2.51. The van der Waals surface area contributed by atoms with Crippen LogP contribution >= 0.6 is 0 Å². The van der Waals surface area contributed by atoms with E-state index in [1.807, 2.05) is 6.92 Å². The molecule has 6 nitrogen and oxygen atoms in total. The SMILES string of the molecule is COCC(N)CN(C)S(=O)(=O)N1CCCCC1C. The van der Waals surface area contributed by atoms with Crippen LogP contribution in [0.25, 0.3) is 0 Å². The van der Waals surface area contributed by atoms with Crippen LogP contribution in [-0.2, 0) is 14.9 Å². The highest BCUT2D eigenvalue weighted by Crippen LogP contribution is 2.21. The van der Waals surface area contributed by atoms with Crippen molar-refractivity contribution < 1.29 is 13.2 Å². The summed E-state index contributed by atoms with van der Waals surface area (Å²) in [5.74, 6) is 0. The Morgan fingerprint density at radius 1 is 1.50 bits per heavy atom. The summed E-state index contributed by atoms with van der Waals surface area (Å²) in [7, 11) is -0.261. The van der Waals surface area contributed by atoms with E-state index in [1.54, 1.807) is 18.5 Å². The van der Waals surface area contributed by atoms with Crippen molar-refractivity contribution in [3.63, 3.8) is 0 Å². The average Bonchev–Trinajstić information content (AvgIpc) is 2.29. The van der Waals surface area contributed by atoms with Gasteiger partial charge in [-0.3, -0.25) is 0 Å². The Hall–Kier alpha value is -0.210. The summed E-state index contributed by atoms with van der Waals surface area (Å²) in [5, 5.41) is 0. The van der Waals surface area contributed by atoms with E-state index in [2.05, 4.69) is 0 Å². The Balaban J connectivity index is 2.66. The first kappa shape index (κ1) is 15.8. The summed E-state index contributed by atoms with van der Waals surface area (Å²) < 4.78 is 32.6. The molecule has 2 unspecified atom stereocenters. The fraction of sp³-hybridized carbons (Fsp3) is 1.00. The monoisotopic (exact) mass is 279 g/mol. The van der Waals surface area contributed by atoms with Gasteiger partial charge >= 0.3 is 0 Å². The summed E-state index contributed by atoms with van der Waals surface area (Å²) >= 11 is 0. The third kappa shape index (κ3) is 3.89. The highest BCUT2D eigenvalue weighted by atomic mass is 32.2. The van der Waals surface area contributed by atoms with E-state index < -0.39 is 10.2 Å². The first-order valence-corrected chi connectivity index (χ1v) is 7.77. The Bertz CT molecular complexity index is 347. The van der Waals surface area contributed by atoms with Crippen molar-refractivity contribution in [2.24, 2.45) is 5.73 Å². The zero-order chi connectivity index (χ0) is 13.8. The minimum absolute atomic E-state index is 0.0739. The minimum Gasteiger partial charge on any atom is -0.383 e. The van der Waals surface area contributed by atoms with Crippen LogP contribution in [0.1, 0.15) is 26.2 Å². The van der Waals surface area contributed by atoms with Gasteiger partial charge in [0.15, 0.2) is 0 Å². The standard InChI is InChI=1S/C11H25N3O3S/c1-10-6-4-5-7-14(10)18(15,16)13(2)8-11(12)9-17-3/h10-11H,4-9,12H2,1-3H3. The fourth-order valence-corrected chi connectivity index (χ4v) is 3.94. The van der Waals surface area contributed by atoms with Crippen LogP contribution in [0.3, 0.4) is 0 Å². The molecule has 108 valence electrons. The lowest BCUT2D eigenvalue weighted by molar-refractivity contribution is 0.170. The second kappa shape index (κ2) is 6.81. The molecule has 2 atom stereocenters. The molecule has 0 bridgehead atoms. The second-order valence-corrected chi connectivity index (χ2v) is 6.95. The molecule has 1 rings (SSSR count). The van der Waals surface area contributed by atoms with Crippen molar-refractivity contribution in [3.05, 3.63) is 0 Å². The van der Waals surface area contributed by atoms with E-state index >= 15 is 0 Å². The summed E-state index contributed by atoms with van der Waals surface area (Å²) in [6.45, 7) is 3.20. The summed E-state index contributed by atoms with van der Waals surface area (Å²) in [4.78, 5) is 0. The molecule has 1 aliphatic rings. The molecule has 2 N–H and O–H groups in total. The normalized spacial score (nSPS) is 24.4. The van der Waals surface area contributed by atoms with Crippen molar-refractivity contribution in [3.8, 4) is 0 Å². The number of nitrogens with two attached hydrogens (primary N) is 1. The van der Waals surface area contributed by atoms with Gasteiger partial charge in [-0.2, -0.15) is 17.0 Å². The summed E-state index contributed by atoms with van der Waals surface area (Å²) in [5.41, 5.74) is 5.80. The lowest BCUT2D eigenvalue weighted by atomic mass is 10.1. The molecule has 0 aliphatic carbocycles. The predicted octanol–water partition coefficient (Wildman–Crippen LogP) is 0.0111. The van der Waals surface area contributed by atoms with Crippen molar-refractivity contribution in [1.82, 2.24) is 8.61 Å². The maximum absolute atomic E-state index is 12.4. The molecule has 1 fully saturated rings. The Labute approximate surface area is 110 Å². The highest BCUT2D eigenvalue weighted by Gasteiger charge is 2.33. The van der Waals surface area contributed by atoms with Crippen LogP contribution in [0.5, 0.6) is 0 Å². The molecule has 0 radical (unpaired) electrons. The first-order chi connectivity index (χ1) is 8.39. The van der Waals surface area contributed by atoms with Gasteiger partial charge < -0.3 is 10.5 Å². The number of rotatable bonds is 6. The zero-order valence-electron chi connectivity index (χ0n) is 11.5. The van der Waals surface area contributed by atoms with Crippen LogP contribution < -0.4 is 5.73 Å². The number of methoxy groups -OCH3 is 1. The van der Waals surface area contributed by atoms with Crippen LogP contribution in [0.4, 0.5) is 0 Å². The third-order valence-electron chi connectivity index (χ3n) is 3.30. The number of likely N-dealkylation sites (N-methyl/N-ethyl adjacent to an activating group) is 1. The van der Waals surface area contributed by atoms with E-state index in [9.17, 15) is 8.42 Å². The first-order valence-electron chi connectivity index (χ1n) is 6.37. The molecule has 7 heteroatoms. The predicted molar refractivity (Wildman–Crippen MR) is 71.4 cm³/mol. The lowest BCUT2D eigenvalue weighted by Gasteiger charge is -2.35. The van der Waals surface area contributed by atoms with E-state index in [0.717, 1.165) is 19.3 Å². The maximum atomic E-state index is 12.4. The quantitative estimate of drug-likeness (QED) is 0.743. The van der Waals surface area contributed by atoms with E-state index in [0.29, 0.717) is 13.2 Å². The summed E-state index contributed by atoms with van der Waals surface area (Å²) in [6, 6.07) is -0.222. The molecule has 0 aromatic heterocycles. The molecule has 18 heavy (non-hydrogen) atoms. The van der Waals surface area contributed by atoms with Crippen molar-refractivity contribution in [1.29, 1.82) is 0 Å². The Morgan fingerprint density at radius 2 is 2.17 bits per heavy atom. The molecule has 1 saturated heterocycles. The van der Waals surface area contributed by atoms with Crippen LogP contribution in [0, 0.1) is 0 Å². The van der Waals surface area contributed by atoms with Gasteiger partial charge in [0.25, 0.3) is 10.2 Å². The smallest absolute Gasteiger partial charge is 0.282 e. The summed E-state index contributed by atoms with van der Waals surface area (Å²) in [6.07, 6.45) is 2.96. The fourth-order valence-electron chi connectivity index (χ4n) is 2.28. The van der Waals surface area contributed by atoms with Gasteiger partial charge in [0.05, 0.1) is 6.61 Å². The number of ether oxygens (including phenoxy) is 1. The minimum atomic E-state index is -3.39. The molecule has 1 aliphatic heterocycles. The van der Waals surface area contributed by atoms with Gasteiger partial charge in [0.1, 0.15) is 0 Å². The number of hydrogen-bond acceptors (Lipinski definition) is 4. The molecule has 0 spiro atoms. The number of hydrogen-bond donors (Lipinski definition) is 1. The van der Waals surface area contributed by atoms with Crippen LogP contribution in [0.2, 0.25) is 0 Å². The largest absolute Gasteiger partial charge is 0.383 e. The molecular formula is C11H25N3O3S. The third-order valence-corrected chi connectivity index (χ3v) is 5.38. The maximum Gasteiger partial charge on any atom is 0.282 e. The Morgan fingerprint density at radius 3 is 2.72 bits per heavy atom. The van der Waals surface area contributed by atoms with Crippen LogP contribution in [-0.4, -0.2) is 63.0 Å². The second-order valence-electron chi connectivity index (χ2n) is 4.96. The molecule has 0 aromatic rings. The average molecular weight is 279 g/mol. The van der Waals surface area contributed by atoms with Gasteiger partial charge in [-0.25, -0.2) is 0 Å². The molecule has 1 heterocycles. The van der Waals surface area contributed by atoms with Crippen molar-refractivity contribution in [2.75, 3.05) is 33.9 Å². The van der Waals surface area contributed by atoms with Gasteiger partial charge in [-0.05, 0) is 19.8 Å². The zero-order valence-corrected chi connectivity index (χ0v) is 12.3. The van der Waals surface area contributed by atoms with Crippen molar-refractivity contribution in [2.45, 2.75) is 38.3 Å². The molecular weight excluding hydrogens is 254 g/mol. The number of piperidine rings is 1. The van der Waals surface area contributed by atoms with Gasteiger partial charge in [-0.1, -0.05) is 6.42 Å². The highest BCUT2D eigenvalue weighted by molar-refractivity contribution is 7.86. The van der Waals surface area contributed by atoms with Gasteiger partial charge in [0.2, 0.25) is 0 Å². The van der Waals surface area contributed by atoms with E-state index in [1.165, 1.54) is 4.31 Å². The molecule has 0 saturated carbocycles. The van der Waals surface area contributed by atoms with E-state index in [-0.39, 0.29) is 18.6 Å². The number of nitrogens with zero attached hydrogens (tertiary/aromatic N) is 2. The topological polar surface area (TPSA) is 75.9 Å². The molecule has 0 amide bonds. The molecule has 0 aromatic carbocycles. The van der Waals surface area contributed by atoms with E-state index in [4.69, 9.17) is 10.5 Å². The van der Waals surface area contributed by atoms with Gasteiger partial charge in [-0.15, -0.1) is 0 Å². The van der Waals surface area contributed by atoms with Crippen LogP contribution in [0.15, 0.2) is 0 Å². The Kier molecular flexibility index (Phi) is 6.00. The van der Waals surface area contributed by atoms with Crippen molar-refractivity contribution >= 4 is 10.2 Å².